The molecule has 1 amide bonds. The number of amides is 1. The summed E-state index contributed by atoms with van der Waals surface area (Å²) in [5.74, 6) is 0.867. The summed E-state index contributed by atoms with van der Waals surface area (Å²) in [4.78, 5) is 13.9. The summed E-state index contributed by atoms with van der Waals surface area (Å²) in [5, 5.41) is 3.88. The van der Waals surface area contributed by atoms with Crippen molar-refractivity contribution in [3.8, 4) is 0 Å². The van der Waals surface area contributed by atoms with Crippen LogP contribution in [0.15, 0.2) is 77.7 Å². The number of aromatic nitrogens is 1. The quantitative estimate of drug-likeness (QED) is 0.293. The second kappa shape index (κ2) is 9.97. The zero-order valence-corrected chi connectivity index (χ0v) is 19.8. The number of hydrogen-bond donors (Lipinski definition) is 1. The van der Waals surface area contributed by atoms with Gasteiger partial charge in [-0.15, -0.1) is 11.8 Å². The molecule has 1 N–H and O–H groups in total. The van der Waals surface area contributed by atoms with Gasteiger partial charge in [0, 0.05) is 47.1 Å². The molecule has 0 fully saturated rings. The van der Waals surface area contributed by atoms with Crippen molar-refractivity contribution in [2.75, 3.05) is 5.75 Å². The minimum Gasteiger partial charge on any atom is -0.348 e. The van der Waals surface area contributed by atoms with Crippen molar-refractivity contribution in [1.82, 2.24) is 9.88 Å². The van der Waals surface area contributed by atoms with Gasteiger partial charge in [0.1, 0.15) is 0 Å². The Morgan fingerprint density at radius 1 is 0.941 bits per heavy atom. The van der Waals surface area contributed by atoms with Gasteiger partial charge in [0.05, 0.1) is 5.56 Å². The van der Waals surface area contributed by atoms with Crippen LogP contribution in [0.5, 0.6) is 0 Å². The topological polar surface area (TPSA) is 34.0 Å². The fourth-order valence-electron chi connectivity index (χ4n) is 3.89. The van der Waals surface area contributed by atoms with Crippen LogP contribution in [0.1, 0.15) is 39.7 Å². The van der Waals surface area contributed by atoms with E-state index in [-0.39, 0.29) is 5.91 Å². The number of rotatable bonds is 7. The molecule has 7 heteroatoms. The number of hydrogen-bond acceptors (Lipinski definition) is 2. The highest BCUT2D eigenvalue weighted by Crippen LogP contribution is 2.30. The van der Waals surface area contributed by atoms with E-state index >= 15 is 0 Å². The first-order valence-electron chi connectivity index (χ1n) is 11.0. The summed E-state index contributed by atoms with van der Waals surface area (Å²) in [6, 6.07) is 20.9. The molecule has 4 aromatic rings. The first kappa shape index (κ1) is 24.0. The number of aryl methyl sites for hydroxylation is 1. The van der Waals surface area contributed by atoms with Gasteiger partial charge in [-0.25, -0.2) is 0 Å². The molecule has 176 valence electrons. The normalized spacial score (nSPS) is 11.7. The monoisotopic (exact) mass is 482 g/mol. The Labute approximate surface area is 201 Å². The van der Waals surface area contributed by atoms with Gasteiger partial charge in [-0.05, 0) is 65.4 Å². The summed E-state index contributed by atoms with van der Waals surface area (Å²) >= 11 is 1.78. The third kappa shape index (κ3) is 5.47. The van der Waals surface area contributed by atoms with Crippen LogP contribution in [0.4, 0.5) is 13.2 Å². The Balaban J connectivity index is 1.45. The van der Waals surface area contributed by atoms with Crippen molar-refractivity contribution in [1.29, 1.82) is 0 Å². The van der Waals surface area contributed by atoms with Gasteiger partial charge >= 0.3 is 6.18 Å². The molecule has 3 aromatic carbocycles. The molecule has 0 aliphatic rings. The van der Waals surface area contributed by atoms with Crippen molar-refractivity contribution in [2.45, 2.75) is 31.0 Å². The lowest BCUT2D eigenvalue weighted by molar-refractivity contribution is -0.137. The fraction of sp³-hybridized carbons (Fsp3) is 0.222. The summed E-state index contributed by atoms with van der Waals surface area (Å²) < 4.78 is 40.4. The predicted octanol–water partition coefficient (Wildman–Crippen LogP) is 6.83. The van der Waals surface area contributed by atoms with Crippen molar-refractivity contribution in [3.63, 3.8) is 0 Å². The lowest BCUT2D eigenvalue weighted by atomic mass is 10.1. The van der Waals surface area contributed by atoms with Gasteiger partial charge in [-0.3, -0.25) is 4.79 Å². The molecular weight excluding hydrogens is 457 g/mol. The summed E-state index contributed by atoms with van der Waals surface area (Å²) in [6.45, 7) is 2.56. The first-order valence-corrected chi connectivity index (χ1v) is 12.0. The van der Waals surface area contributed by atoms with Crippen LogP contribution in [0.3, 0.4) is 0 Å². The van der Waals surface area contributed by atoms with E-state index in [2.05, 4.69) is 24.4 Å². The molecule has 0 unspecified atom stereocenters. The van der Waals surface area contributed by atoms with Crippen LogP contribution in [-0.4, -0.2) is 16.2 Å². The van der Waals surface area contributed by atoms with Crippen molar-refractivity contribution < 1.29 is 18.0 Å². The van der Waals surface area contributed by atoms with Gasteiger partial charge in [-0.2, -0.15) is 13.2 Å². The second-order valence-electron chi connectivity index (χ2n) is 8.10. The molecule has 0 bridgehead atoms. The van der Waals surface area contributed by atoms with E-state index < -0.39 is 11.7 Å². The molecule has 34 heavy (non-hydrogen) atoms. The maximum atomic E-state index is 12.8. The van der Waals surface area contributed by atoms with Gasteiger partial charge in [-0.1, -0.05) is 31.2 Å². The highest BCUT2D eigenvalue weighted by molar-refractivity contribution is 7.99. The van der Waals surface area contributed by atoms with Crippen LogP contribution in [0.2, 0.25) is 0 Å². The minimum atomic E-state index is -4.34. The smallest absolute Gasteiger partial charge is 0.348 e. The SMILES string of the molecule is CCSc1ccc(CNC(=O)c2ccc3c(c2)cc(Cc2ccc(C(F)(F)F)cc2)n3C)cc1. The number of carbonyl (C=O) groups is 1. The molecule has 0 aliphatic heterocycles. The number of fused-ring (bicyclic) bond motifs is 1. The number of carbonyl (C=O) groups excluding carboxylic acids is 1. The fourth-order valence-corrected chi connectivity index (χ4v) is 4.55. The van der Waals surface area contributed by atoms with Crippen LogP contribution in [0.25, 0.3) is 10.9 Å². The molecule has 0 saturated heterocycles. The summed E-state index contributed by atoms with van der Waals surface area (Å²) in [6.07, 6.45) is -3.84. The van der Waals surface area contributed by atoms with Gasteiger partial charge in [0.2, 0.25) is 0 Å². The Morgan fingerprint density at radius 3 is 2.26 bits per heavy atom. The standard InChI is InChI=1S/C27H25F3N2OS/c1-3-34-24-11-6-19(7-12-24)17-31-26(33)20-8-13-25-21(15-20)16-23(32(25)2)14-18-4-9-22(10-5-18)27(28,29)30/h4-13,15-16H,3,14,17H2,1-2H3,(H,31,33). The molecule has 1 heterocycles. The van der Waals surface area contributed by atoms with E-state index in [4.69, 9.17) is 0 Å². The van der Waals surface area contributed by atoms with E-state index in [1.54, 1.807) is 17.8 Å². The largest absolute Gasteiger partial charge is 0.416 e. The van der Waals surface area contributed by atoms with E-state index in [0.717, 1.165) is 45.6 Å². The van der Waals surface area contributed by atoms with Crippen molar-refractivity contribution >= 4 is 28.6 Å². The van der Waals surface area contributed by atoms with Crippen LogP contribution < -0.4 is 5.32 Å². The van der Waals surface area contributed by atoms with E-state index in [1.807, 2.05) is 41.9 Å². The van der Waals surface area contributed by atoms with Crippen molar-refractivity contribution in [2.24, 2.45) is 7.05 Å². The molecule has 0 spiro atoms. The van der Waals surface area contributed by atoms with Gasteiger partial charge in [0.15, 0.2) is 0 Å². The molecular formula is C27H25F3N2OS. The highest BCUT2D eigenvalue weighted by Gasteiger charge is 2.29. The maximum absolute atomic E-state index is 12.8. The Morgan fingerprint density at radius 2 is 1.62 bits per heavy atom. The Bertz CT molecular complexity index is 1290. The molecule has 1 aromatic heterocycles. The van der Waals surface area contributed by atoms with E-state index in [1.165, 1.54) is 17.0 Å². The van der Waals surface area contributed by atoms with Crippen LogP contribution >= 0.6 is 11.8 Å². The zero-order valence-electron chi connectivity index (χ0n) is 18.9. The third-order valence-corrected chi connectivity index (χ3v) is 6.65. The average Bonchev–Trinajstić information content (AvgIpc) is 3.13. The maximum Gasteiger partial charge on any atom is 0.416 e. The predicted molar refractivity (Wildman–Crippen MR) is 131 cm³/mol. The molecule has 0 saturated carbocycles. The number of nitrogens with zero attached hydrogens (tertiary/aromatic N) is 1. The van der Waals surface area contributed by atoms with Gasteiger partial charge < -0.3 is 9.88 Å². The first-order chi connectivity index (χ1) is 16.2. The average molecular weight is 483 g/mol. The lowest BCUT2D eigenvalue weighted by Crippen LogP contribution is -2.22. The Kier molecular flexibility index (Phi) is 7.03. The number of thioether (sulfide) groups is 1. The van der Waals surface area contributed by atoms with Crippen LogP contribution in [-0.2, 0) is 26.2 Å². The molecule has 0 radical (unpaired) electrons. The number of nitrogens with one attached hydrogen (secondary N) is 1. The van der Waals surface area contributed by atoms with E-state index in [9.17, 15) is 18.0 Å². The number of alkyl halides is 3. The number of halogens is 3. The molecule has 0 aliphatic carbocycles. The molecule has 4 rings (SSSR count). The minimum absolute atomic E-state index is 0.151. The van der Waals surface area contributed by atoms with Crippen LogP contribution in [0, 0.1) is 0 Å². The Hall–Kier alpha value is -3.19. The summed E-state index contributed by atoms with van der Waals surface area (Å²) in [5.41, 5.74) is 3.66. The molecule has 3 nitrogen and oxygen atoms in total. The van der Waals surface area contributed by atoms with E-state index in [0.29, 0.717) is 18.5 Å². The van der Waals surface area contributed by atoms with Gasteiger partial charge in [0.25, 0.3) is 5.91 Å². The highest BCUT2D eigenvalue weighted by atomic mass is 32.2. The number of benzene rings is 3. The lowest BCUT2D eigenvalue weighted by Gasteiger charge is -2.08. The second-order valence-corrected chi connectivity index (χ2v) is 9.44. The third-order valence-electron chi connectivity index (χ3n) is 5.76. The van der Waals surface area contributed by atoms with Crippen molar-refractivity contribution in [3.05, 3.63) is 101 Å². The zero-order chi connectivity index (χ0) is 24.3. The molecule has 0 atom stereocenters. The summed E-state index contributed by atoms with van der Waals surface area (Å²) in [7, 11) is 1.92.